The van der Waals surface area contributed by atoms with Crippen molar-refractivity contribution in [2.75, 3.05) is 31.5 Å². The van der Waals surface area contributed by atoms with Crippen LogP contribution in [0.1, 0.15) is 70.9 Å². The van der Waals surface area contributed by atoms with Crippen LogP contribution in [0.4, 0.5) is 5.69 Å². The molecule has 3 fully saturated rings. The highest BCUT2D eigenvalue weighted by Crippen LogP contribution is 2.55. The molecule has 8 nitrogen and oxygen atoms in total. The van der Waals surface area contributed by atoms with Crippen molar-refractivity contribution in [2.24, 2.45) is 23.7 Å². The fourth-order valence-corrected chi connectivity index (χ4v) is 8.04. The minimum absolute atomic E-state index is 0.0663. The highest BCUT2D eigenvalue weighted by atomic mass is 16.5. The van der Waals surface area contributed by atoms with E-state index in [0.717, 1.165) is 49.9 Å². The van der Waals surface area contributed by atoms with Crippen molar-refractivity contribution in [1.29, 1.82) is 0 Å². The van der Waals surface area contributed by atoms with E-state index in [-0.39, 0.29) is 23.8 Å². The molecule has 1 aromatic rings. The molecule has 8 heteroatoms. The number of carbonyl (C=O) groups is 3. The first-order valence-electron chi connectivity index (χ1n) is 16.2. The molecular formula is C34H50N4O4. The quantitative estimate of drug-likeness (QED) is 0.379. The normalized spacial score (nSPS) is 33.4. The van der Waals surface area contributed by atoms with Crippen molar-refractivity contribution >= 4 is 23.4 Å². The number of aryl methyl sites for hydroxylation is 2. The second kappa shape index (κ2) is 12.5. The van der Waals surface area contributed by atoms with Crippen LogP contribution in [0, 0.1) is 37.5 Å². The van der Waals surface area contributed by atoms with E-state index in [0.29, 0.717) is 30.6 Å². The number of carbonyl (C=O) groups excluding carboxylic acids is 3. The Hall–Kier alpha value is -2.71. The Morgan fingerprint density at radius 1 is 1.02 bits per heavy atom. The molecule has 2 saturated heterocycles. The van der Waals surface area contributed by atoms with E-state index >= 15 is 0 Å². The highest BCUT2D eigenvalue weighted by molar-refractivity contribution is 6.02. The molecule has 1 aliphatic carbocycles. The average Bonchev–Trinajstić information content (AvgIpc) is 3.57. The van der Waals surface area contributed by atoms with Crippen LogP contribution in [0.15, 0.2) is 30.4 Å². The van der Waals surface area contributed by atoms with Gasteiger partial charge in [-0.3, -0.25) is 14.4 Å². The second-order valence-electron chi connectivity index (χ2n) is 13.3. The number of anilines is 1. The molecule has 2 bridgehead atoms. The minimum Gasteiger partial charge on any atom is -0.359 e. The third kappa shape index (κ3) is 5.64. The molecule has 0 aromatic heterocycles. The van der Waals surface area contributed by atoms with Crippen LogP contribution in [-0.2, 0) is 19.1 Å². The standard InChI is InChI=1S/C34H50N4O4/c1-7-14-37(15-8-2)16-17-38-30(32(40)36-26-11-9-10-23(5)24(26)6)34-13-12-27(42-34)28(29(34)33(38)41)31(39)35-25-19-21(3)18-22(4)20-25/h12-13,18-20,23-24,26-30H,7-11,14-17H2,1-6H3,(H,35,39)(H,36,40)/t23?,24?,26?,27-,28?,29-,30?,34?/m0/s1. The van der Waals surface area contributed by atoms with Crippen molar-refractivity contribution in [1.82, 2.24) is 15.1 Å². The van der Waals surface area contributed by atoms with Gasteiger partial charge < -0.3 is 25.2 Å². The number of rotatable bonds is 11. The van der Waals surface area contributed by atoms with E-state index in [2.05, 4.69) is 49.3 Å². The zero-order chi connectivity index (χ0) is 30.2. The summed E-state index contributed by atoms with van der Waals surface area (Å²) in [5.74, 6) is -1.08. The maximum absolute atomic E-state index is 14.3. The number of nitrogens with zero attached hydrogens (tertiary/aromatic N) is 2. The van der Waals surface area contributed by atoms with E-state index in [1.807, 2.05) is 38.1 Å². The summed E-state index contributed by atoms with van der Waals surface area (Å²) in [7, 11) is 0. The Labute approximate surface area is 251 Å². The van der Waals surface area contributed by atoms with Crippen molar-refractivity contribution < 1.29 is 19.1 Å². The molecule has 2 N–H and O–H groups in total. The number of amides is 3. The zero-order valence-electron chi connectivity index (χ0n) is 26.3. The fourth-order valence-electron chi connectivity index (χ4n) is 8.04. The van der Waals surface area contributed by atoms with Crippen LogP contribution in [0.25, 0.3) is 0 Å². The van der Waals surface area contributed by atoms with E-state index < -0.39 is 29.6 Å². The molecule has 3 heterocycles. The summed E-state index contributed by atoms with van der Waals surface area (Å²) in [6.45, 7) is 15.8. The Bertz CT molecular complexity index is 1190. The first-order valence-corrected chi connectivity index (χ1v) is 16.2. The molecular weight excluding hydrogens is 528 g/mol. The van der Waals surface area contributed by atoms with Gasteiger partial charge in [0.05, 0.1) is 17.9 Å². The van der Waals surface area contributed by atoms with Gasteiger partial charge in [-0.25, -0.2) is 0 Å². The number of hydrogen-bond acceptors (Lipinski definition) is 5. The summed E-state index contributed by atoms with van der Waals surface area (Å²) >= 11 is 0. The number of fused-ring (bicyclic) bond motifs is 1. The molecule has 5 rings (SSSR count). The predicted molar refractivity (Wildman–Crippen MR) is 165 cm³/mol. The summed E-state index contributed by atoms with van der Waals surface area (Å²) in [6.07, 6.45) is 8.51. The lowest BCUT2D eigenvalue weighted by atomic mass is 9.73. The number of likely N-dealkylation sites (tertiary alicyclic amines) is 1. The smallest absolute Gasteiger partial charge is 0.246 e. The molecule has 42 heavy (non-hydrogen) atoms. The van der Waals surface area contributed by atoms with Gasteiger partial charge in [0.2, 0.25) is 17.7 Å². The van der Waals surface area contributed by atoms with Gasteiger partial charge in [0, 0.05) is 24.8 Å². The highest BCUT2D eigenvalue weighted by Gasteiger charge is 2.72. The molecule has 230 valence electrons. The Morgan fingerprint density at radius 3 is 2.38 bits per heavy atom. The SMILES string of the molecule is CCCN(CCC)CCN1C(=O)[C@@H]2C(C(=O)Nc3cc(C)cc(C)c3)[C@@H]3C=CC2(O3)C1C(=O)NC1CCCC(C)C1C. The summed E-state index contributed by atoms with van der Waals surface area (Å²) in [5, 5.41) is 6.42. The number of ether oxygens (including phenoxy) is 1. The van der Waals surface area contributed by atoms with E-state index in [4.69, 9.17) is 4.74 Å². The Balaban J connectivity index is 1.43. The largest absolute Gasteiger partial charge is 0.359 e. The van der Waals surface area contributed by atoms with Gasteiger partial charge in [0.15, 0.2) is 0 Å². The predicted octanol–water partition coefficient (Wildman–Crippen LogP) is 4.46. The number of nitrogens with one attached hydrogen (secondary N) is 2. The molecule has 0 radical (unpaired) electrons. The van der Waals surface area contributed by atoms with Gasteiger partial charge in [0.1, 0.15) is 11.6 Å². The van der Waals surface area contributed by atoms with Crippen LogP contribution in [0.3, 0.4) is 0 Å². The summed E-state index contributed by atoms with van der Waals surface area (Å²) in [4.78, 5) is 46.5. The summed E-state index contributed by atoms with van der Waals surface area (Å²) in [5.41, 5.74) is 1.69. The van der Waals surface area contributed by atoms with Crippen LogP contribution >= 0.6 is 0 Å². The van der Waals surface area contributed by atoms with Crippen LogP contribution < -0.4 is 10.6 Å². The van der Waals surface area contributed by atoms with Gasteiger partial charge in [-0.2, -0.15) is 0 Å². The average molecular weight is 579 g/mol. The van der Waals surface area contributed by atoms with E-state index in [1.165, 1.54) is 6.42 Å². The van der Waals surface area contributed by atoms with Gasteiger partial charge in [-0.15, -0.1) is 0 Å². The molecule has 4 aliphatic rings. The zero-order valence-corrected chi connectivity index (χ0v) is 26.3. The van der Waals surface area contributed by atoms with Gasteiger partial charge in [0.25, 0.3) is 0 Å². The first-order chi connectivity index (χ1) is 20.1. The molecule has 1 spiro atoms. The summed E-state index contributed by atoms with van der Waals surface area (Å²) < 4.78 is 6.57. The molecule has 1 aromatic carbocycles. The molecule has 6 unspecified atom stereocenters. The van der Waals surface area contributed by atoms with Gasteiger partial charge >= 0.3 is 0 Å². The topological polar surface area (TPSA) is 91.0 Å². The van der Waals surface area contributed by atoms with Crippen LogP contribution in [-0.4, -0.2) is 77.5 Å². The Kier molecular flexibility index (Phi) is 9.14. The first kappa shape index (κ1) is 30.7. The number of hydrogen-bond donors (Lipinski definition) is 2. The van der Waals surface area contributed by atoms with Crippen LogP contribution in [0.2, 0.25) is 0 Å². The van der Waals surface area contributed by atoms with Crippen molar-refractivity contribution in [3.05, 3.63) is 41.5 Å². The minimum atomic E-state index is -1.14. The maximum atomic E-state index is 14.3. The molecule has 1 saturated carbocycles. The lowest BCUT2D eigenvalue weighted by Gasteiger charge is -2.38. The van der Waals surface area contributed by atoms with Crippen molar-refractivity contribution in [3.8, 4) is 0 Å². The second-order valence-corrected chi connectivity index (χ2v) is 13.3. The van der Waals surface area contributed by atoms with Gasteiger partial charge in [-0.1, -0.05) is 58.8 Å². The Morgan fingerprint density at radius 2 is 1.71 bits per heavy atom. The monoisotopic (exact) mass is 578 g/mol. The third-order valence-electron chi connectivity index (χ3n) is 10.2. The van der Waals surface area contributed by atoms with Crippen molar-refractivity contribution in [2.45, 2.75) is 97.4 Å². The van der Waals surface area contributed by atoms with Crippen LogP contribution in [0.5, 0.6) is 0 Å². The summed E-state index contributed by atoms with van der Waals surface area (Å²) in [6, 6.07) is 5.20. The molecule has 3 amide bonds. The maximum Gasteiger partial charge on any atom is 0.246 e. The fraction of sp³-hybridized carbons (Fsp3) is 0.676. The number of benzene rings is 1. The lowest BCUT2D eigenvalue weighted by molar-refractivity contribution is -0.141. The van der Waals surface area contributed by atoms with E-state index in [1.54, 1.807) is 4.90 Å². The van der Waals surface area contributed by atoms with Gasteiger partial charge in [-0.05, 0) is 81.3 Å². The lowest BCUT2D eigenvalue weighted by Crippen LogP contribution is -2.58. The molecule has 3 aliphatic heterocycles. The molecule has 8 atom stereocenters. The van der Waals surface area contributed by atoms with Crippen molar-refractivity contribution in [3.63, 3.8) is 0 Å². The third-order valence-corrected chi connectivity index (χ3v) is 10.2. The van der Waals surface area contributed by atoms with E-state index in [9.17, 15) is 14.4 Å².